The molecule has 1 aromatic rings. The zero-order valence-corrected chi connectivity index (χ0v) is 14.8. The molecule has 1 N–H and O–H groups in total. The summed E-state index contributed by atoms with van der Waals surface area (Å²) in [4.78, 5) is 17.1. The minimum Gasteiger partial charge on any atom is -0.353 e. The van der Waals surface area contributed by atoms with Crippen molar-refractivity contribution in [3.8, 4) is 0 Å². The van der Waals surface area contributed by atoms with Gasteiger partial charge in [0.2, 0.25) is 5.91 Å². The van der Waals surface area contributed by atoms with Crippen molar-refractivity contribution in [2.24, 2.45) is 0 Å². The maximum absolute atomic E-state index is 12.6. The molecule has 4 nitrogen and oxygen atoms in total. The van der Waals surface area contributed by atoms with E-state index in [1.807, 2.05) is 31.1 Å². The maximum atomic E-state index is 12.6. The normalized spacial score (nSPS) is 17.7. The summed E-state index contributed by atoms with van der Waals surface area (Å²) in [6.07, 6.45) is 5.27. The molecule has 2 rings (SSSR count). The SMILES string of the molecule is Cc1ccc([C@@H](C(=O)NCCN2CCCCCC2)N(C)C)cc1. The zero-order valence-electron chi connectivity index (χ0n) is 14.8. The summed E-state index contributed by atoms with van der Waals surface area (Å²) < 4.78 is 0. The highest BCUT2D eigenvalue weighted by Crippen LogP contribution is 2.19. The first-order chi connectivity index (χ1) is 11.1. The summed E-state index contributed by atoms with van der Waals surface area (Å²) >= 11 is 0. The molecule has 0 bridgehead atoms. The summed E-state index contributed by atoms with van der Waals surface area (Å²) in [7, 11) is 3.91. The molecule has 0 aliphatic carbocycles. The van der Waals surface area contributed by atoms with Gasteiger partial charge in [-0.25, -0.2) is 0 Å². The predicted octanol–water partition coefficient (Wildman–Crippen LogP) is 2.59. The number of likely N-dealkylation sites (N-methyl/N-ethyl adjacent to an activating group) is 1. The largest absolute Gasteiger partial charge is 0.353 e. The molecule has 0 aromatic heterocycles. The fourth-order valence-electron chi connectivity index (χ4n) is 3.23. The Bertz CT molecular complexity index is 476. The summed E-state index contributed by atoms with van der Waals surface area (Å²) in [5.41, 5.74) is 2.26. The number of nitrogens with zero attached hydrogens (tertiary/aromatic N) is 2. The van der Waals surface area contributed by atoms with Crippen molar-refractivity contribution in [2.75, 3.05) is 40.3 Å². The van der Waals surface area contributed by atoms with E-state index in [9.17, 15) is 4.79 Å². The second-order valence-corrected chi connectivity index (χ2v) is 6.82. The van der Waals surface area contributed by atoms with Gasteiger partial charge >= 0.3 is 0 Å². The van der Waals surface area contributed by atoms with Crippen LogP contribution in [0.3, 0.4) is 0 Å². The number of carbonyl (C=O) groups excluding carboxylic acids is 1. The molecule has 0 unspecified atom stereocenters. The van der Waals surface area contributed by atoms with Crippen LogP contribution in [0.15, 0.2) is 24.3 Å². The monoisotopic (exact) mass is 317 g/mol. The second-order valence-electron chi connectivity index (χ2n) is 6.82. The van der Waals surface area contributed by atoms with Gasteiger partial charge in [0.1, 0.15) is 6.04 Å². The van der Waals surface area contributed by atoms with Gasteiger partial charge in [-0.3, -0.25) is 9.69 Å². The molecule has 23 heavy (non-hydrogen) atoms. The molecule has 128 valence electrons. The predicted molar refractivity (Wildman–Crippen MR) is 95.5 cm³/mol. The van der Waals surface area contributed by atoms with Crippen LogP contribution in [0.2, 0.25) is 0 Å². The lowest BCUT2D eigenvalue weighted by Gasteiger charge is -2.25. The molecule has 1 fully saturated rings. The number of benzene rings is 1. The van der Waals surface area contributed by atoms with E-state index in [1.54, 1.807) is 0 Å². The number of hydrogen-bond acceptors (Lipinski definition) is 3. The van der Waals surface area contributed by atoms with Gasteiger partial charge in [-0.2, -0.15) is 0 Å². The minimum absolute atomic E-state index is 0.0914. The van der Waals surface area contributed by atoms with E-state index in [0.29, 0.717) is 0 Å². The first-order valence-corrected chi connectivity index (χ1v) is 8.81. The summed E-state index contributed by atoms with van der Waals surface area (Å²) in [6.45, 7) is 6.10. The van der Waals surface area contributed by atoms with Gasteiger partial charge < -0.3 is 10.2 Å². The highest BCUT2D eigenvalue weighted by molar-refractivity contribution is 5.83. The Morgan fingerprint density at radius 3 is 2.30 bits per heavy atom. The lowest BCUT2D eigenvalue weighted by Crippen LogP contribution is -2.41. The molecule has 1 amide bonds. The van der Waals surface area contributed by atoms with Crippen molar-refractivity contribution in [1.29, 1.82) is 0 Å². The van der Waals surface area contributed by atoms with Crippen molar-refractivity contribution in [3.63, 3.8) is 0 Å². The lowest BCUT2D eigenvalue weighted by atomic mass is 10.0. The van der Waals surface area contributed by atoms with Crippen LogP contribution < -0.4 is 5.32 Å². The fraction of sp³-hybridized carbons (Fsp3) is 0.632. The van der Waals surface area contributed by atoms with Crippen molar-refractivity contribution in [2.45, 2.75) is 38.6 Å². The minimum atomic E-state index is -0.222. The standard InChI is InChI=1S/C19H31N3O/c1-16-8-10-17(11-9-16)18(21(2)3)19(23)20-12-15-22-13-6-4-5-7-14-22/h8-11,18H,4-7,12-15H2,1-3H3,(H,20,23)/t18-/m0/s1. The Balaban J connectivity index is 1.87. The van der Waals surface area contributed by atoms with Crippen LogP contribution in [-0.4, -0.2) is 56.0 Å². The first kappa shape index (κ1) is 18.0. The van der Waals surface area contributed by atoms with E-state index in [0.717, 1.165) is 18.7 Å². The van der Waals surface area contributed by atoms with Crippen molar-refractivity contribution in [1.82, 2.24) is 15.1 Å². The van der Waals surface area contributed by atoms with Gasteiger partial charge in [0, 0.05) is 13.1 Å². The van der Waals surface area contributed by atoms with Gasteiger partial charge in [0.25, 0.3) is 0 Å². The molecule has 1 atom stereocenters. The molecule has 0 spiro atoms. The van der Waals surface area contributed by atoms with E-state index in [1.165, 1.54) is 44.3 Å². The van der Waals surface area contributed by atoms with Crippen molar-refractivity contribution < 1.29 is 4.79 Å². The molecule has 1 aromatic carbocycles. The van der Waals surface area contributed by atoms with Gasteiger partial charge in [0.05, 0.1) is 0 Å². The van der Waals surface area contributed by atoms with Gasteiger partial charge in [-0.1, -0.05) is 42.7 Å². The molecule has 0 saturated carbocycles. The number of likely N-dealkylation sites (tertiary alicyclic amines) is 1. The molecule has 1 saturated heterocycles. The van der Waals surface area contributed by atoms with Crippen LogP contribution >= 0.6 is 0 Å². The van der Waals surface area contributed by atoms with E-state index in [-0.39, 0.29) is 11.9 Å². The third kappa shape index (κ3) is 5.63. The fourth-order valence-corrected chi connectivity index (χ4v) is 3.23. The third-order valence-electron chi connectivity index (χ3n) is 4.58. The summed E-state index contributed by atoms with van der Waals surface area (Å²) in [5, 5.41) is 3.12. The highest BCUT2D eigenvalue weighted by atomic mass is 16.2. The topological polar surface area (TPSA) is 35.6 Å². The summed E-state index contributed by atoms with van der Waals surface area (Å²) in [5.74, 6) is 0.0914. The number of carbonyl (C=O) groups is 1. The van der Waals surface area contributed by atoms with E-state index < -0.39 is 0 Å². The van der Waals surface area contributed by atoms with Crippen LogP contribution in [0.4, 0.5) is 0 Å². The maximum Gasteiger partial charge on any atom is 0.241 e. The molecule has 1 aliphatic heterocycles. The first-order valence-electron chi connectivity index (χ1n) is 8.81. The van der Waals surface area contributed by atoms with Gasteiger partial charge in [-0.15, -0.1) is 0 Å². The van der Waals surface area contributed by atoms with Crippen molar-refractivity contribution >= 4 is 5.91 Å². The molecule has 4 heteroatoms. The molecular weight excluding hydrogens is 286 g/mol. The molecule has 0 radical (unpaired) electrons. The lowest BCUT2D eigenvalue weighted by molar-refractivity contribution is -0.125. The Kier molecular flexibility index (Phi) is 7.06. The smallest absolute Gasteiger partial charge is 0.241 e. The average molecular weight is 317 g/mol. The van der Waals surface area contributed by atoms with Crippen LogP contribution in [0, 0.1) is 6.92 Å². The van der Waals surface area contributed by atoms with Gasteiger partial charge in [-0.05, 0) is 52.5 Å². The number of rotatable bonds is 6. The van der Waals surface area contributed by atoms with Crippen molar-refractivity contribution in [3.05, 3.63) is 35.4 Å². The number of aryl methyl sites for hydroxylation is 1. The zero-order chi connectivity index (χ0) is 16.7. The average Bonchev–Trinajstić information content (AvgIpc) is 2.78. The Morgan fingerprint density at radius 2 is 1.74 bits per heavy atom. The highest BCUT2D eigenvalue weighted by Gasteiger charge is 2.22. The van der Waals surface area contributed by atoms with E-state index >= 15 is 0 Å². The molecule has 1 heterocycles. The second kappa shape index (κ2) is 9.04. The van der Waals surface area contributed by atoms with Crippen LogP contribution in [-0.2, 0) is 4.79 Å². The number of amides is 1. The van der Waals surface area contributed by atoms with Gasteiger partial charge in [0.15, 0.2) is 0 Å². The van der Waals surface area contributed by atoms with E-state index in [4.69, 9.17) is 0 Å². The van der Waals surface area contributed by atoms with Crippen LogP contribution in [0.5, 0.6) is 0 Å². The Labute approximate surface area is 140 Å². The summed E-state index contributed by atoms with van der Waals surface area (Å²) in [6, 6.07) is 8.01. The van der Waals surface area contributed by atoms with Crippen LogP contribution in [0.25, 0.3) is 0 Å². The molecule has 1 aliphatic rings. The Morgan fingerprint density at radius 1 is 1.13 bits per heavy atom. The quantitative estimate of drug-likeness (QED) is 0.876. The van der Waals surface area contributed by atoms with Crippen LogP contribution in [0.1, 0.15) is 42.9 Å². The Hall–Kier alpha value is -1.39. The third-order valence-corrected chi connectivity index (χ3v) is 4.58. The number of hydrogen-bond donors (Lipinski definition) is 1. The van der Waals surface area contributed by atoms with E-state index in [2.05, 4.69) is 29.3 Å². The molecular formula is C19H31N3O. The number of nitrogens with one attached hydrogen (secondary N) is 1.